The van der Waals surface area contributed by atoms with Gasteiger partial charge in [-0.1, -0.05) is 0 Å². The molecule has 2 aliphatic rings. The molecule has 1 atom stereocenters. The number of aromatic nitrogens is 3. The molecule has 158 valence electrons. The number of rotatable bonds is 3. The summed E-state index contributed by atoms with van der Waals surface area (Å²) in [4.78, 5) is 16.5. The minimum atomic E-state index is -3.00. The second-order valence-electron chi connectivity index (χ2n) is 8.55. The second-order valence-corrected chi connectivity index (χ2v) is 10.8. The zero-order valence-electron chi connectivity index (χ0n) is 17.3. The number of anilines is 1. The highest BCUT2D eigenvalue weighted by Crippen LogP contribution is 2.31. The molecule has 1 fully saturated rings. The van der Waals surface area contributed by atoms with Crippen LogP contribution in [0.25, 0.3) is 10.9 Å². The predicted octanol–water partition coefficient (Wildman–Crippen LogP) is 3.47. The first-order valence-corrected chi connectivity index (χ1v) is 12.4. The van der Waals surface area contributed by atoms with Gasteiger partial charge in [0.05, 0.1) is 34.6 Å². The van der Waals surface area contributed by atoms with E-state index in [9.17, 15) is 13.2 Å². The van der Waals surface area contributed by atoms with Gasteiger partial charge in [0.25, 0.3) is 5.91 Å². The molecule has 3 aromatic rings. The van der Waals surface area contributed by atoms with Crippen molar-refractivity contribution in [2.75, 3.05) is 16.8 Å². The van der Waals surface area contributed by atoms with Crippen molar-refractivity contribution in [2.24, 2.45) is 0 Å². The molecule has 1 unspecified atom stereocenters. The van der Waals surface area contributed by atoms with Gasteiger partial charge < -0.3 is 10.3 Å². The molecule has 0 bridgehead atoms. The molecule has 2 N–H and O–H groups in total. The van der Waals surface area contributed by atoms with Crippen LogP contribution in [0.4, 0.5) is 5.69 Å². The van der Waals surface area contributed by atoms with Crippen LogP contribution in [0.2, 0.25) is 0 Å². The quantitative estimate of drug-likeness (QED) is 0.670. The molecule has 8 heteroatoms. The number of nitrogens with zero attached hydrogens (tertiary/aromatic N) is 2. The van der Waals surface area contributed by atoms with Crippen LogP contribution >= 0.6 is 0 Å². The van der Waals surface area contributed by atoms with Crippen LogP contribution in [-0.4, -0.2) is 40.6 Å². The zero-order valence-corrected chi connectivity index (χ0v) is 18.1. The van der Waals surface area contributed by atoms with E-state index in [1.165, 1.54) is 24.1 Å². The topological polar surface area (TPSA) is 96.8 Å². The number of hydrogen-bond donors (Lipinski definition) is 2. The first kappa shape index (κ1) is 19.4. The monoisotopic (exact) mass is 426 g/mol. The van der Waals surface area contributed by atoms with E-state index in [0.717, 1.165) is 29.4 Å². The predicted molar refractivity (Wildman–Crippen MR) is 117 cm³/mol. The first-order valence-electron chi connectivity index (χ1n) is 10.5. The number of nitrogens with one attached hydrogen (secondary N) is 2. The van der Waals surface area contributed by atoms with Gasteiger partial charge in [0.15, 0.2) is 9.84 Å². The Balaban J connectivity index is 1.43. The molecular weight excluding hydrogens is 400 g/mol. The van der Waals surface area contributed by atoms with Crippen molar-refractivity contribution < 1.29 is 13.2 Å². The number of H-pyrrole nitrogens is 1. The lowest BCUT2D eigenvalue weighted by Crippen LogP contribution is -2.15. The summed E-state index contributed by atoms with van der Waals surface area (Å²) in [6.45, 7) is 3.72. The van der Waals surface area contributed by atoms with E-state index in [1.54, 1.807) is 4.68 Å². The number of aromatic amines is 1. The van der Waals surface area contributed by atoms with E-state index in [1.807, 2.05) is 32.0 Å². The van der Waals surface area contributed by atoms with Gasteiger partial charge in [-0.2, -0.15) is 5.10 Å². The lowest BCUT2D eigenvalue weighted by atomic mass is 9.95. The Bertz CT molecular complexity index is 1270. The average Bonchev–Trinajstić information content (AvgIpc) is 3.36. The summed E-state index contributed by atoms with van der Waals surface area (Å²) in [6.07, 6.45) is 5.07. The molecular formula is C22H26N4O3S. The van der Waals surface area contributed by atoms with E-state index in [-0.39, 0.29) is 23.5 Å². The second kappa shape index (κ2) is 6.97. The van der Waals surface area contributed by atoms with Crippen molar-refractivity contribution in [1.82, 2.24) is 14.8 Å². The highest BCUT2D eigenvalue weighted by Gasteiger charge is 2.31. The third kappa shape index (κ3) is 3.23. The van der Waals surface area contributed by atoms with Crippen molar-refractivity contribution in [3.63, 3.8) is 0 Å². The van der Waals surface area contributed by atoms with E-state index < -0.39 is 9.84 Å². The minimum Gasteiger partial charge on any atom is -0.358 e. The smallest absolute Gasteiger partial charge is 0.255 e. The molecule has 1 aliphatic carbocycles. The first-order chi connectivity index (χ1) is 14.3. The number of benzene rings is 1. The maximum Gasteiger partial charge on any atom is 0.255 e. The van der Waals surface area contributed by atoms with Gasteiger partial charge in [0, 0.05) is 22.2 Å². The molecule has 30 heavy (non-hydrogen) atoms. The van der Waals surface area contributed by atoms with Crippen LogP contribution in [0.1, 0.15) is 58.3 Å². The fourth-order valence-corrected chi connectivity index (χ4v) is 6.59. The summed E-state index contributed by atoms with van der Waals surface area (Å²) >= 11 is 0. The van der Waals surface area contributed by atoms with Crippen molar-refractivity contribution in [1.29, 1.82) is 0 Å². The Morgan fingerprint density at radius 3 is 2.80 bits per heavy atom. The molecule has 1 amide bonds. The number of amides is 1. The molecule has 0 spiro atoms. The molecule has 1 aromatic carbocycles. The van der Waals surface area contributed by atoms with Crippen LogP contribution in [0.15, 0.2) is 18.2 Å². The fourth-order valence-electron chi connectivity index (χ4n) is 4.90. The Labute approximate surface area is 175 Å². The highest BCUT2D eigenvalue weighted by molar-refractivity contribution is 7.91. The van der Waals surface area contributed by atoms with Crippen molar-refractivity contribution in [2.45, 2.75) is 52.0 Å². The van der Waals surface area contributed by atoms with Gasteiger partial charge in [-0.05, 0) is 69.7 Å². The molecule has 0 saturated carbocycles. The largest absolute Gasteiger partial charge is 0.358 e. The minimum absolute atomic E-state index is 0.109. The van der Waals surface area contributed by atoms with Crippen LogP contribution in [0.5, 0.6) is 0 Å². The summed E-state index contributed by atoms with van der Waals surface area (Å²) in [7, 11) is -3.00. The van der Waals surface area contributed by atoms with Crippen molar-refractivity contribution in [3.8, 4) is 0 Å². The van der Waals surface area contributed by atoms with E-state index in [2.05, 4.69) is 15.4 Å². The van der Waals surface area contributed by atoms with Gasteiger partial charge >= 0.3 is 0 Å². The maximum absolute atomic E-state index is 13.0. The van der Waals surface area contributed by atoms with Gasteiger partial charge in [0.2, 0.25) is 0 Å². The third-order valence-corrected chi connectivity index (χ3v) is 8.23. The van der Waals surface area contributed by atoms with Crippen LogP contribution in [0, 0.1) is 13.8 Å². The summed E-state index contributed by atoms with van der Waals surface area (Å²) in [5.41, 5.74) is 6.50. The molecule has 3 heterocycles. The molecule has 5 rings (SSSR count). The SMILES string of the molecule is Cc1nn(C2CCS(=O)(=O)C2)c(C)c1NC(=O)c1ccc2[nH]c3c(c2c1)CCCC3. The number of aryl methyl sites for hydroxylation is 3. The summed E-state index contributed by atoms with van der Waals surface area (Å²) in [6, 6.07) is 5.64. The lowest BCUT2D eigenvalue weighted by Gasteiger charge is -2.12. The van der Waals surface area contributed by atoms with Crippen molar-refractivity contribution >= 4 is 32.3 Å². The highest BCUT2D eigenvalue weighted by atomic mass is 32.2. The van der Waals surface area contributed by atoms with E-state index in [4.69, 9.17) is 0 Å². The summed E-state index contributed by atoms with van der Waals surface area (Å²) in [5, 5.41) is 8.69. The fraction of sp³-hybridized carbons (Fsp3) is 0.455. The molecule has 1 aliphatic heterocycles. The number of hydrogen-bond acceptors (Lipinski definition) is 4. The Kier molecular flexibility index (Phi) is 4.50. The third-order valence-electron chi connectivity index (χ3n) is 6.48. The number of carbonyl (C=O) groups is 1. The molecule has 0 radical (unpaired) electrons. The van der Waals surface area contributed by atoms with E-state index >= 15 is 0 Å². The standard InChI is InChI=1S/C22H26N4O3S/c1-13-21(14(2)26(25-13)16-9-10-30(28,29)12-16)24-22(27)15-7-8-20-18(11-15)17-5-3-4-6-19(17)23-20/h7-8,11,16,23H,3-6,9-10,12H2,1-2H3,(H,24,27). The lowest BCUT2D eigenvalue weighted by molar-refractivity contribution is 0.102. The van der Waals surface area contributed by atoms with Crippen molar-refractivity contribution in [3.05, 3.63) is 46.4 Å². The Morgan fingerprint density at radius 2 is 2.03 bits per heavy atom. The van der Waals surface area contributed by atoms with Gasteiger partial charge in [-0.15, -0.1) is 0 Å². The Hall–Kier alpha value is -2.61. The van der Waals surface area contributed by atoms with Crippen LogP contribution in [-0.2, 0) is 22.7 Å². The normalized spacial score (nSPS) is 20.4. The molecule has 1 saturated heterocycles. The van der Waals surface area contributed by atoms with Gasteiger partial charge in [-0.25, -0.2) is 8.42 Å². The molecule has 2 aromatic heterocycles. The summed E-state index contributed by atoms with van der Waals surface area (Å²) in [5.74, 6) is 0.128. The average molecular weight is 427 g/mol. The number of sulfone groups is 1. The van der Waals surface area contributed by atoms with Gasteiger partial charge in [0.1, 0.15) is 0 Å². The van der Waals surface area contributed by atoms with Crippen LogP contribution in [0.3, 0.4) is 0 Å². The molecule has 7 nitrogen and oxygen atoms in total. The Morgan fingerprint density at radius 1 is 1.23 bits per heavy atom. The maximum atomic E-state index is 13.0. The number of carbonyl (C=O) groups excluding carboxylic acids is 1. The van der Waals surface area contributed by atoms with Crippen LogP contribution < -0.4 is 5.32 Å². The van der Waals surface area contributed by atoms with Gasteiger partial charge in [-0.3, -0.25) is 9.48 Å². The number of fused-ring (bicyclic) bond motifs is 3. The van der Waals surface area contributed by atoms with E-state index in [0.29, 0.717) is 23.4 Å². The zero-order chi connectivity index (χ0) is 21.0. The summed E-state index contributed by atoms with van der Waals surface area (Å²) < 4.78 is 25.5.